The standard InChI is InChI=1S/C6H11NO.ClH/c8-6-3-1-2-4-7-5-6;/h7H,1-5H2;1H. The number of hydrogen-bond acceptors (Lipinski definition) is 2. The van der Waals surface area contributed by atoms with Gasteiger partial charge in [-0.1, -0.05) is 0 Å². The fourth-order valence-electron chi connectivity index (χ4n) is 0.888. The van der Waals surface area contributed by atoms with Crippen LogP contribution in [0.3, 0.4) is 0 Å². The SMILES string of the molecule is Cl.O=C1CCCCNC1. The van der Waals surface area contributed by atoms with Crippen LogP contribution in [0.25, 0.3) is 0 Å². The van der Waals surface area contributed by atoms with Gasteiger partial charge in [-0.2, -0.15) is 0 Å². The van der Waals surface area contributed by atoms with Gasteiger partial charge in [-0.25, -0.2) is 0 Å². The van der Waals surface area contributed by atoms with Crippen LogP contribution in [-0.2, 0) is 4.79 Å². The third-order valence-corrected chi connectivity index (χ3v) is 1.38. The van der Waals surface area contributed by atoms with E-state index in [1.807, 2.05) is 0 Å². The van der Waals surface area contributed by atoms with Gasteiger partial charge < -0.3 is 5.32 Å². The maximum Gasteiger partial charge on any atom is 0.146 e. The van der Waals surface area contributed by atoms with E-state index in [-0.39, 0.29) is 12.4 Å². The number of rotatable bonds is 0. The van der Waals surface area contributed by atoms with Gasteiger partial charge in [0.2, 0.25) is 0 Å². The summed E-state index contributed by atoms with van der Waals surface area (Å²) in [6.07, 6.45) is 3.02. The Balaban J connectivity index is 0.000000640. The Bertz CT molecular complexity index is 85.1. The van der Waals surface area contributed by atoms with Crippen LogP contribution in [-0.4, -0.2) is 18.9 Å². The maximum absolute atomic E-state index is 10.6. The molecule has 2 nitrogen and oxygen atoms in total. The Morgan fingerprint density at radius 2 is 2.11 bits per heavy atom. The van der Waals surface area contributed by atoms with Crippen LogP contribution < -0.4 is 5.32 Å². The van der Waals surface area contributed by atoms with Crippen molar-refractivity contribution in [1.82, 2.24) is 5.32 Å². The zero-order chi connectivity index (χ0) is 5.82. The Morgan fingerprint density at radius 1 is 1.33 bits per heavy atom. The average Bonchev–Trinajstić information content (AvgIpc) is 1.94. The molecular weight excluding hydrogens is 138 g/mol. The molecule has 1 heterocycles. The molecule has 9 heavy (non-hydrogen) atoms. The van der Waals surface area contributed by atoms with Crippen molar-refractivity contribution < 1.29 is 4.79 Å². The number of carbonyl (C=O) groups is 1. The van der Waals surface area contributed by atoms with Gasteiger partial charge in [0.15, 0.2) is 0 Å². The Hall–Kier alpha value is -0.0800. The first-order valence-corrected chi connectivity index (χ1v) is 3.12. The molecule has 0 bridgehead atoms. The van der Waals surface area contributed by atoms with Crippen LogP contribution in [0.4, 0.5) is 0 Å². The van der Waals surface area contributed by atoms with E-state index >= 15 is 0 Å². The number of halogens is 1. The van der Waals surface area contributed by atoms with Crippen molar-refractivity contribution in [2.75, 3.05) is 13.1 Å². The van der Waals surface area contributed by atoms with E-state index in [1.54, 1.807) is 0 Å². The van der Waals surface area contributed by atoms with E-state index in [0.717, 1.165) is 25.8 Å². The zero-order valence-electron chi connectivity index (χ0n) is 5.35. The number of nitrogens with one attached hydrogen (secondary N) is 1. The predicted molar refractivity (Wildman–Crippen MR) is 39.0 cm³/mol. The molecule has 1 N–H and O–H groups in total. The largest absolute Gasteiger partial charge is 0.310 e. The molecule has 1 aliphatic rings. The van der Waals surface area contributed by atoms with E-state index < -0.39 is 0 Å². The molecule has 1 rings (SSSR count). The first kappa shape index (κ1) is 8.92. The molecule has 0 radical (unpaired) electrons. The molecular formula is C6H12ClNO. The first-order valence-electron chi connectivity index (χ1n) is 3.12. The summed E-state index contributed by atoms with van der Waals surface area (Å²) in [5, 5.41) is 3.05. The zero-order valence-corrected chi connectivity index (χ0v) is 6.17. The molecule has 1 aliphatic heterocycles. The van der Waals surface area contributed by atoms with Gasteiger partial charge in [0.05, 0.1) is 6.54 Å². The molecule has 0 unspecified atom stereocenters. The van der Waals surface area contributed by atoms with Gasteiger partial charge in [-0.3, -0.25) is 4.79 Å². The highest BCUT2D eigenvalue weighted by molar-refractivity contribution is 5.85. The minimum atomic E-state index is 0. The van der Waals surface area contributed by atoms with Crippen LogP contribution in [0, 0.1) is 0 Å². The van der Waals surface area contributed by atoms with Crippen LogP contribution >= 0.6 is 12.4 Å². The number of ketones is 1. The number of Topliss-reactive ketones (excluding diaryl/α,β-unsaturated/α-hetero) is 1. The second-order valence-electron chi connectivity index (χ2n) is 2.17. The lowest BCUT2D eigenvalue weighted by Gasteiger charge is -1.91. The first-order chi connectivity index (χ1) is 3.89. The van der Waals surface area contributed by atoms with Gasteiger partial charge in [0.1, 0.15) is 5.78 Å². The second kappa shape index (κ2) is 4.77. The Morgan fingerprint density at radius 3 is 2.89 bits per heavy atom. The average molecular weight is 150 g/mol. The fourth-order valence-corrected chi connectivity index (χ4v) is 0.888. The van der Waals surface area contributed by atoms with Gasteiger partial charge >= 0.3 is 0 Å². The summed E-state index contributed by atoms with van der Waals surface area (Å²) in [5.41, 5.74) is 0. The highest BCUT2D eigenvalue weighted by Crippen LogP contribution is 1.97. The quantitative estimate of drug-likeness (QED) is 0.551. The summed E-state index contributed by atoms with van der Waals surface area (Å²) >= 11 is 0. The molecule has 0 atom stereocenters. The van der Waals surface area contributed by atoms with E-state index in [9.17, 15) is 4.79 Å². The summed E-state index contributed by atoms with van der Waals surface area (Å²) in [6, 6.07) is 0. The molecule has 0 aromatic carbocycles. The minimum Gasteiger partial charge on any atom is -0.310 e. The maximum atomic E-state index is 10.6. The van der Waals surface area contributed by atoms with Crippen molar-refractivity contribution in [1.29, 1.82) is 0 Å². The molecule has 3 heteroatoms. The third-order valence-electron chi connectivity index (χ3n) is 1.38. The third kappa shape index (κ3) is 3.49. The van der Waals surface area contributed by atoms with E-state index in [1.165, 1.54) is 0 Å². The molecule has 0 saturated carbocycles. The lowest BCUT2D eigenvalue weighted by Crippen LogP contribution is -2.19. The Kier molecular flexibility index (Phi) is 4.72. The fraction of sp³-hybridized carbons (Fsp3) is 0.833. The number of carbonyl (C=O) groups excluding carboxylic acids is 1. The van der Waals surface area contributed by atoms with E-state index in [0.29, 0.717) is 12.3 Å². The lowest BCUT2D eigenvalue weighted by atomic mass is 10.2. The molecule has 0 amide bonds. The van der Waals surface area contributed by atoms with Crippen molar-refractivity contribution in [3.05, 3.63) is 0 Å². The topological polar surface area (TPSA) is 29.1 Å². The van der Waals surface area contributed by atoms with Crippen LogP contribution in [0.5, 0.6) is 0 Å². The highest BCUT2D eigenvalue weighted by atomic mass is 35.5. The predicted octanol–water partition coefficient (Wildman–Crippen LogP) is 0.751. The van der Waals surface area contributed by atoms with Crippen LogP contribution in [0.1, 0.15) is 19.3 Å². The summed E-state index contributed by atoms with van der Waals surface area (Å²) in [5.74, 6) is 0.363. The van der Waals surface area contributed by atoms with Crippen molar-refractivity contribution in [2.45, 2.75) is 19.3 Å². The van der Waals surface area contributed by atoms with Crippen molar-refractivity contribution in [3.8, 4) is 0 Å². The summed E-state index contributed by atoms with van der Waals surface area (Å²) in [6.45, 7) is 1.62. The van der Waals surface area contributed by atoms with Gasteiger partial charge in [0, 0.05) is 6.42 Å². The van der Waals surface area contributed by atoms with E-state index in [4.69, 9.17) is 0 Å². The summed E-state index contributed by atoms with van der Waals surface area (Å²) in [7, 11) is 0. The normalized spacial score (nSPS) is 20.2. The van der Waals surface area contributed by atoms with E-state index in [2.05, 4.69) is 5.32 Å². The highest BCUT2D eigenvalue weighted by Gasteiger charge is 2.03. The Labute approximate surface area is 61.4 Å². The van der Waals surface area contributed by atoms with Crippen molar-refractivity contribution in [2.24, 2.45) is 0 Å². The monoisotopic (exact) mass is 149 g/mol. The summed E-state index contributed by atoms with van der Waals surface area (Å²) < 4.78 is 0. The van der Waals surface area contributed by atoms with Gasteiger partial charge in [0.25, 0.3) is 0 Å². The van der Waals surface area contributed by atoms with Crippen molar-refractivity contribution in [3.63, 3.8) is 0 Å². The molecule has 54 valence electrons. The molecule has 0 aromatic rings. The summed E-state index contributed by atoms with van der Waals surface area (Å²) in [4.78, 5) is 10.6. The number of hydrogen-bond donors (Lipinski definition) is 1. The molecule has 0 aliphatic carbocycles. The van der Waals surface area contributed by atoms with Gasteiger partial charge in [-0.15, -0.1) is 12.4 Å². The van der Waals surface area contributed by atoms with Crippen molar-refractivity contribution >= 4 is 18.2 Å². The molecule has 1 saturated heterocycles. The molecule has 1 fully saturated rings. The smallest absolute Gasteiger partial charge is 0.146 e. The van der Waals surface area contributed by atoms with Crippen LogP contribution in [0.15, 0.2) is 0 Å². The molecule has 0 spiro atoms. The van der Waals surface area contributed by atoms with Gasteiger partial charge in [-0.05, 0) is 19.4 Å². The second-order valence-corrected chi connectivity index (χ2v) is 2.17. The molecule has 0 aromatic heterocycles. The minimum absolute atomic E-state index is 0. The lowest BCUT2D eigenvalue weighted by molar-refractivity contribution is -0.117. The van der Waals surface area contributed by atoms with Crippen LogP contribution in [0.2, 0.25) is 0 Å².